The van der Waals surface area contributed by atoms with Crippen LogP contribution in [-0.4, -0.2) is 33.5 Å². The fourth-order valence-electron chi connectivity index (χ4n) is 2.15. The summed E-state index contributed by atoms with van der Waals surface area (Å²) in [5.74, 6) is 5.14. The predicted molar refractivity (Wildman–Crippen MR) is 103 cm³/mol. The first-order valence-corrected chi connectivity index (χ1v) is 8.70. The van der Waals surface area contributed by atoms with Crippen LogP contribution in [0.2, 0.25) is 0 Å². The van der Waals surface area contributed by atoms with Gasteiger partial charge >= 0.3 is 5.97 Å². The number of aliphatic hydroxyl groups excluding tert-OH is 2. The van der Waals surface area contributed by atoms with E-state index in [1.54, 1.807) is 30.4 Å². The Morgan fingerprint density at radius 1 is 1.08 bits per heavy atom. The topological polar surface area (TPSA) is 77.8 Å². The van der Waals surface area contributed by atoms with Crippen molar-refractivity contribution in [3.8, 4) is 11.8 Å². The molecule has 0 saturated carbocycles. The average molecular weight is 354 g/mol. The van der Waals surface area contributed by atoms with E-state index < -0.39 is 18.2 Å². The molecule has 26 heavy (non-hydrogen) atoms. The van der Waals surface area contributed by atoms with Gasteiger partial charge in [-0.2, -0.15) is 0 Å². The van der Waals surface area contributed by atoms with E-state index in [1.165, 1.54) is 11.6 Å². The van der Waals surface area contributed by atoms with E-state index >= 15 is 0 Å². The molecule has 1 aromatic rings. The first-order chi connectivity index (χ1) is 12.6. The molecule has 0 bridgehead atoms. The van der Waals surface area contributed by atoms with E-state index in [1.807, 2.05) is 18.2 Å². The molecule has 0 saturated heterocycles. The van der Waals surface area contributed by atoms with Crippen molar-refractivity contribution in [1.29, 1.82) is 0 Å². The van der Waals surface area contributed by atoms with Crippen LogP contribution in [0, 0.1) is 11.8 Å². The summed E-state index contributed by atoms with van der Waals surface area (Å²) in [6.45, 7) is 0. The maximum atomic E-state index is 10.4. The third kappa shape index (κ3) is 11.0. The lowest BCUT2D eigenvalue weighted by molar-refractivity contribution is -0.137. The average Bonchev–Trinajstić information content (AvgIpc) is 2.63. The Labute approximate surface area is 155 Å². The SMILES string of the molecule is O=C(O)CCC[C@H](O)[C@@H](O)/C=C/C=C/C=C/C#CCCc1ccccc1. The van der Waals surface area contributed by atoms with E-state index in [4.69, 9.17) is 5.11 Å². The fraction of sp³-hybridized carbons (Fsp3) is 0.318. The van der Waals surface area contributed by atoms with Crippen molar-refractivity contribution < 1.29 is 20.1 Å². The van der Waals surface area contributed by atoms with Crippen molar-refractivity contribution in [2.45, 2.75) is 44.3 Å². The van der Waals surface area contributed by atoms with Gasteiger partial charge in [-0.3, -0.25) is 4.79 Å². The smallest absolute Gasteiger partial charge is 0.303 e. The number of carboxylic acid groups (broad SMARTS) is 1. The van der Waals surface area contributed by atoms with Gasteiger partial charge in [0.15, 0.2) is 0 Å². The van der Waals surface area contributed by atoms with Crippen LogP contribution in [0.25, 0.3) is 0 Å². The van der Waals surface area contributed by atoms with Crippen LogP contribution < -0.4 is 0 Å². The molecule has 0 fully saturated rings. The largest absolute Gasteiger partial charge is 0.481 e. The normalized spacial score (nSPS) is 13.8. The quantitative estimate of drug-likeness (QED) is 0.445. The van der Waals surface area contributed by atoms with Crippen molar-refractivity contribution in [1.82, 2.24) is 0 Å². The second-order valence-corrected chi connectivity index (χ2v) is 5.78. The lowest BCUT2D eigenvalue weighted by Gasteiger charge is -2.13. The maximum Gasteiger partial charge on any atom is 0.303 e. The molecule has 1 aromatic carbocycles. The molecule has 2 atom stereocenters. The molecule has 1 rings (SSSR count). The lowest BCUT2D eigenvalue weighted by Crippen LogP contribution is -2.23. The van der Waals surface area contributed by atoms with E-state index in [-0.39, 0.29) is 12.8 Å². The molecule has 0 aliphatic rings. The predicted octanol–water partition coefficient (Wildman–Crippen LogP) is 3.27. The molecule has 3 N–H and O–H groups in total. The summed E-state index contributed by atoms with van der Waals surface area (Å²) < 4.78 is 0. The summed E-state index contributed by atoms with van der Waals surface area (Å²) in [6, 6.07) is 10.2. The van der Waals surface area contributed by atoms with Crippen molar-refractivity contribution in [2.24, 2.45) is 0 Å². The summed E-state index contributed by atoms with van der Waals surface area (Å²) in [5.41, 5.74) is 1.28. The number of hydrogen-bond donors (Lipinski definition) is 3. The molecule has 0 spiro atoms. The molecule has 0 amide bonds. The van der Waals surface area contributed by atoms with E-state index in [2.05, 4.69) is 24.0 Å². The van der Waals surface area contributed by atoms with Crippen LogP contribution in [0.5, 0.6) is 0 Å². The van der Waals surface area contributed by atoms with Crippen molar-refractivity contribution in [2.75, 3.05) is 0 Å². The van der Waals surface area contributed by atoms with Gasteiger partial charge in [-0.1, -0.05) is 72.6 Å². The number of aliphatic hydroxyl groups is 2. The molecule has 0 aromatic heterocycles. The highest BCUT2D eigenvalue weighted by atomic mass is 16.4. The van der Waals surface area contributed by atoms with Crippen LogP contribution >= 0.6 is 0 Å². The number of carbonyl (C=O) groups is 1. The lowest BCUT2D eigenvalue weighted by atomic mass is 10.1. The Morgan fingerprint density at radius 2 is 1.81 bits per heavy atom. The van der Waals surface area contributed by atoms with Crippen LogP contribution in [0.1, 0.15) is 31.2 Å². The molecule has 0 heterocycles. The first-order valence-electron chi connectivity index (χ1n) is 8.70. The van der Waals surface area contributed by atoms with Gasteiger partial charge in [0.2, 0.25) is 0 Å². The Kier molecular flexibility index (Phi) is 11.3. The van der Waals surface area contributed by atoms with E-state index in [0.29, 0.717) is 6.42 Å². The van der Waals surface area contributed by atoms with Crippen LogP contribution in [0.4, 0.5) is 0 Å². The van der Waals surface area contributed by atoms with Crippen molar-refractivity contribution >= 4 is 5.97 Å². The van der Waals surface area contributed by atoms with Gasteiger partial charge in [0.05, 0.1) is 12.2 Å². The number of rotatable bonds is 10. The Hall–Kier alpha value is -2.61. The molecule has 0 aliphatic heterocycles. The second kappa shape index (κ2) is 13.7. The highest BCUT2D eigenvalue weighted by Gasteiger charge is 2.12. The summed E-state index contributed by atoms with van der Waals surface area (Å²) in [4.78, 5) is 10.4. The van der Waals surface area contributed by atoms with Gasteiger partial charge in [-0.15, -0.1) is 0 Å². The minimum Gasteiger partial charge on any atom is -0.481 e. The maximum absolute atomic E-state index is 10.4. The van der Waals surface area contributed by atoms with Gasteiger partial charge in [-0.05, 0) is 30.9 Å². The molecule has 138 valence electrons. The molecule has 4 heteroatoms. The van der Waals surface area contributed by atoms with Gasteiger partial charge in [0.1, 0.15) is 0 Å². The number of carboxylic acids is 1. The Bertz CT molecular complexity index is 662. The second-order valence-electron chi connectivity index (χ2n) is 5.78. The molecular weight excluding hydrogens is 328 g/mol. The zero-order valence-electron chi connectivity index (χ0n) is 14.8. The molecule has 4 nitrogen and oxygen atoms in total. The van der Waals surface area contributed by atoms with Crippen LogP contribution in [0.15, 0.2) is 66.8 Å². The summed E-state index contributed by atoms with van der Waals surface area (Å²) in [6.07, 6.45) is 10.5. The van der Waals surface area contributed by atoms with Gasteiger partial charge < -0.3 is 15.3 Å². The number of aryl methyl sites for hydroxylation is 1. The number of benzene rings is 1. The first kappa shape index (κ1) is 21.4. The van der Waals surface area contributed by atoms with Gasteiger partial charge in [0.25, 0.3) is 0 Å². The zero-order valence-corrected chi connectivity index (χ0v) is 14.8. The standard InChI is InChI=1S/C22H26O4/c23-20(21(24)17-12-18-22(25)26)16-11-6-4-2-1-3-5-8-13-19-14-9-7-10-15-19/h1-2,4,6-7,9-11,14-16,20-21,23-24H,8,12-13,17-18H2,(H,25,26)/b2-1+,6-4+,16-11+/t20-,21-/m0/s1. The minimum atomic E-state index is -1.00. The zero-order chi connectivity index (χ0) is 19.0. The van der Waals surface area contributed by atoms with Crippen molar-refractivity contribution in [3.63, 3.8) is 0 Å². The third-order valence-corrected chi connectivity index (χ3v) is 3.59. The Morgan fingerprint density at radius 3 is 2.54 bits per heavy atom. The minimum absolute atomic E-state index is 0.00935. The van der Waals surface area contributed by atoms with Crippen LogP contribution in [0.3, 0.4) is 0 Å². The highest BCUT2D eigenvalue weighted by Crippen LogP contribution is 2.06. The summed E-state index contributed by atoms with van der Waals surface area (Å²) in [5, 5.41) is 27.9. The Balaban J connectivity index is 2.20. The molecule has 0 aliphatic carbocycles. The van der Waals surface area contributed by atoms with E-state index in [9.17, 15) is 15.0 Å². The highest BCUT2D eigenvalue weighted by molar-refractivity contribution is 5.66. The third-order valence-electron chi connectivity index (χ3n) is 3.59. The fourth-order valence-corrected chi connectivity index (χ4v) is 2.15. The number of aliphatic carboxylic acids is 1. The van der Waals surface area contributed by atoms with Gasteiger partial charge in [-0.25, -0.2) is 0 Å². The van der Waals surface area contributed by atoms with Crippen LogP contribution in [-0.2, 0) is 11.2 Å². The molecule has 0 radical (unpaired) electrons. The summed E-state index contributed by atoms with van der Waals surface area (Å²) in [7, 11) is 0. The summed E-state index contributed by atoms with van der Waals surface area (Å²) >= 11 is 0. The molecule has 0 unspecified atom stereocenters. The van der Waals surface area contributed by atoms with Gasteiger partial charge in [0, 0.05) is 12.8 Å². The van der Waals surface area contributed by atoms with Crippen molar-refractivity contribution in [3.05, 3.63) is 72.4 Å². The van der Waals surface area contributed by atoms with E-state index in [0.717, 1.165) is 12.8 Å². The number of allylic oxidation sites excluding steroid dienone is 5. The molecular formula is C22H26O4. The monoisotopic (exact) mass is 354 g/mol. The number of hydrogen-bond acceptors (Lipinski definition) is 3.